The van der Waals surface area contributed by atoms with E-state index in [2.05, 4.69) is 103 Å². The maximum absolute atomic E-state index is 12.3. The van der Waals surface area contributed by atoms with E-state index in [0.717, 1.165) is 12.8 Å². The van der Waals surface area contributed by atoms with Crippen LogP contribution in [0.1, 0.15) is 37.7 Å². The van der Waals surface area contributed by atoms with Crippen LogP contribution in [0.3, 0.4) is 0 Å². The Hall–Kier alpha value is -1.71. The molecular weight excluding hydrogens is 529 g/mol. The summed E-state index contributed by atoms with van der Waals surface area (Å²) in [5, 5.41) is 13.3. The molecule has 0 saturated carbocycles. The molecule has 1 aromatic carbocycles. The van der Waals surface area contributed by atoms with Gasteiger partial charge in [-0.05, 0) is 91.3 Å². The third kappa shape index (κ3) is 7.43. The Labute approximate surface area is 201 Å². The van der Waals surface area contributed by atoms with Gasteiger partial charge in [0.15, 0.2) is 0 Å². The van der Waals surface area contributed by atoms with Gasteiger partial charge in [-0.2, -0.15) is 0 Å². The van der Waals surface area contributed by atoms with Crippen LogP contribution in [0.4, 0.5) is 0 Å². The first-order valence-corrected chi connectivity index (χ1v) is 11.5. The summed E-state index contributed by atoms with van der Waals surface area (Å²) in [4.78, 5) is 14.7. The van der Waals surface area contributed by atoms with Gasteiger partial charge in [-0.1, -0.05) is 23.1 Å². The van der Waals surface area contributed by atoms with Gasteiger partial charge in [0.05, 0.1) is 13.0 Å². The van der Waals surface area contributed by atoms with Crippen molar-refractivity contribution in [3.8, 4) is 34.9 Å². The minimum Gasteiger partial charge on any atom is -0.469 e. The highest BCUT2D eigenvalue weighted by atomic mass is 127. The fourth-order valence-corrected chi connectivity index (χ4v) is 4.70. The number of benzene rings is 1. The summed E-state index contributed by atoms with van der Waals surface area (Å²) in [6.07, 6.45) is 3.38. The number of carbonyl (C=O) groups excluding carboxylic acids is 1. The molecule has 0 amide bonds. The van der Waals surface area contributed by atoms with Crippen molar-refractivity contribution in [1.29, 1.82) is 0 Å². The molecule has 0 radical (unpaired) electrons. The van der Waals surface area contributed by atoms with Gasteiger partial charge in [-0.15, -0.1) is 4.33 Å². The van der Waals surface area contributed by atoms with Crippen molar-refractivity contribution in [2.75, 3.05) is 14.2 Å². The lowest BCUT2D eigenvalue weighted by Gasteiger charge is -2.41. The maximum atomic E-state index is 12.3. The normalized spacial score (nSPS) is 23.5. The molecule has 2 heterocycles. The van der Waals surface area contributed by atoms with E-state index in [0.29, 0.717) is 30.0 Å². The SMILES string of the molecule is CC#CC#CC#CSOOO.COC(=O)C1C2CC[C@H](C[C@@H]1c1ccc(I)cc1)N2C. The molecule has 31 heavy (non-hydrogen) atoms. The number of halogens is 1. The topological polar surface area (TPSA) is 68.2 Å². The first-order chi connectivity index (χ1) is 15.0. The number of carbonyl (C=O) groups is 1. The van der Waals surface area contributed by atoms with E-state index < -0.39 is 0 Å². The molecule has 2 aliphatic heterocycles. The van der Waals surface area contributed by atoms with E-state index in [4.69, 9.17) is 9.99 Å². The lowest BCUT2D eigenvalue weighted by atomic mass is 9.76. The molecule has 6 nitrogen and oxygen atoms in total. The molecule has 1 N–H and O–H groups in total. The standard InChI is InChI=1S/C16H20INO2.C7H4O3S/c1-18-12-7-8-14(18)15(16(19)20-2)13(9-12)10-3-5-11(17)6-4-10;1-2-3-4-5-6-7-11-10-9-8/h3-6,12-15H,7-9H2,1-2H3;8H,1H3/t12-,13-,14?,15?;/m1./s1. The van der Waals surface area contributed by atoms with Gasteiger partial charge in [-0.25, -0.2) is 5.26 Å². The summed E-state index contributed by atoms with van der Waals surface area (Å²) in [5.41, 5.74) is 1.28. The van der Waals surface area contributed by atoms with E-state index in [9.17, 15) is 4.79 Å². The van der Waals surface area contributed by atoms with Crippen molar-refractivity contribution in [2.24, 2.45) is 5.92 Å². The number of methoxy groups -OCH3 is 1. The van der Waals surface area contributed by atoms with Crippen molar-refractivity contribution >= 4 is 40.6 Å². The fourth-order valence-electron chi connectivity index (χ4n) is 4.18. The molecule has 2 saturated heterocycles. The molecule has 164 valence electrons. The van der Waals surface area contributed by atoms with E-state index in [1.54, 1.807) is 6.92 Å². The number of hydrogen-bond donors (Lipinski definition) is 1. The molecule has 4 atom stereocenters. The van der Waals surface area contributed by atoms with Crippen LogP contribution in [0.5, 0.6) is 0 Å². The van der Waals surface area contributed by atoms with Crippen LogP contribution >= 0.6 is 34.6 Å². The van der Waals surface area contributed by atoms with Crippen molar-refractivity contribution < 1.29 is 24.2 Å². The molecule has 2 bridgehead atoms. The highest BCUT2D eigenvalue weighted by molar-refractivity contribution is 14.1. The van der Waals surface area contributed by atoms with Gasteiger partial charge in [0.25, 0.3) is 0 Å². The zero-order chi connectivity index (χ0) is 22.6. The first kappa shape index (κ1) is 25.5. The molecule has 8 heteroatoms. The van der Waals surface area contributed by atoms with Gasteiger partial charge >= 0.3 is 5.97 Å². The van der Waals surface area contributed by atoms with E-state index >= 15 is 0 Å². The van der Waals surface area contributed by atoms with Crippen molar-refractivity contribution in [3.05, 3.63) is 33.4 Å². The number of hydrogen-bond acceptors (Lipinski definition) is 7. The Morgan fingerprint density at radius 1 is 1.19 bits per heavy atom. The quantitative estimate of drug-likeness (QED) is 0.115. The monoisotopic (exact) mass is 553 g/mol. The van der Waals surface area contributed by atoms with Crippen LogP contribution in [0.15, 0.2) is 24.3 Å². The van der Waals surface area contributed by atoms with Crippen LogP contribution in [0, 0.1) is 44.3 Å². The third-order valence-corrected chi connectivity index (χ3v) is 6.54. The molecule has 3 rings (SSSR count). The summed E-state index contributed by atoms with van der Waals surface area (Å²) in [6, 6.07) is 9.56. The highest BCUT2D eigenvalue weighted by Crippen LogP contribution is 2.46. The second-order valence-corrected chi connectivity index (χ2v) is 8.74. The zero-order valence-corrected chi connectivity index (χ0v) is 20.5. The second kappa shape index (κ2) is 13.6. The predicted octanol–water partition coefficient (Wildman–Crippen LogP) is 4.07. The van der Waals surface area contributed by atoms with Crippen LogP contribution in [-0.4, -0.2) is 42.4 Å². The number of rotatable bonds is 4. The van der Waals surface area contributed by atoms with Gasteiger partial charge in [0, 0.05) is 32.7 Å². The molecule has 2 fully saturated rings. The van der Waals surface area contributed by atoms with Crippen molar-refractivity contribution in [3.63, 3.8) is 0 Å². The van der Waals surface area contributed by atoms with Gasteiger partial charge in [-0.3, -0.25) is 9.69 Å². The smallest absolute Gasteiger partial charge is 0.310 e. The molecule has 2 unspecified atom stereocenters. The lowest BCUT2D eigenvalue weighted by molar-refractivity contribution is -0.431. The van der Waals surface area contributed by atoms with Gasteiger partial charge < -0.3 is 4.74 Å². The summed E-state index contributed by atoms with van der Waals surface area (Å²) < 4.78 is 10.3. The Bertz CT molecular complexity index is 919. The summed E-state index contributed by atoms with van der Waals surface area (Å²) in [7, 11) is 3.66. The molecule has 0 aromatic heterocycles. The van der Waals surface area contributed by atoms with Crippen LogP contribution in [0.25, 0.3) is 0 Å². The van der Waals surface area contributed by atoms with Crippen molar-refractivity contribution in [2.45, 2.75) is 44.2 Å². The van der Waals surface area contributed by atoms with E-state index in [1.807, 2.05) is 0 Å². The molecule has 0 spiro atoms. The molecule has 1 aromatic rings. The fraction of sp³-hybridized carbons (Fsp3) is 0.435. The largest absolute Gasteiger partial charge is 0.469 e. The summed E-state index contributed by atoms with van der Waals surface area (Å²) >= 11 is 2.94. The predicted molar refractivity (Wildman–Crippen MR) is 128 cm³/mol. The second-order valence-electron chi connectivity index (χ2n) is 6.98. The Balaban J connectivity index is 0.000000267. The Kier molecular flexibility index (Phi) is 11.2. The number of esters is 1. The number of fused-ring (bicyclic) bond motifs is 2. The average molecular weight is 553 g/mol. The number of piperidine rings is 1. The van der Waals surface area contributed by atoms with Gasteiger partial charge in [0.2, 0.25) is 0 Å². The number of ether oxygens (including phenoxy) is 1. The number of nitrogens with zero attached hydrogens (tertiary/aromatic N) is 1. The Morgan fingerprint density at radius 3 is 2.55 bits per heavy atom. The van der Waals surface area contributed by atoms with Gasteiger partial charge in [0.1, 0.15) is 12.0 Å². The minimum atomic E-state index is -0.0502. The molecular formula is C23H24INO5S. The van der Waals surface area contributed by atoms with Crippen molar-refractivity contribution in [1.82, 2.24) is 4.90 Å². The highest BCUT2D eigenvalue weighted by Gasteiger charge is 2.49. The summed E-state index contributed by atoms with van der Waals surface area (Å²) in [6.45, 7) is 1.68. The van der Waals surface area contributed by atoms with E-state index in [-0.39, 0.29) is 11.9 Å². The molecule has 2 aliphatic rings. The average Bonchev–Trinajstić information content (AvgIpc) is 3.01. The summed E-state index contributed by atoms with van der Waals surface area (Å²) in [5.74, 6) is 12.6. The van der Waals surface area contributed by atoms with Crippen LogP contribution in [0.2, 0.25) is 0 Å². The zero-order valence-electron chi connectivity index (χ0n) is 17.6. The van der Waals surface area contributed by atoms with E-state index in [1.165, 1.54) is 22.7 Å². The van der Waals surface area contributed by atoms with Crippen LogP contribution < -0.4 is 0 Å². The van der Waals surface area contributed by atoms with Crippen LogP contribution in [-0.2, 0) is 18.9 Å². The lowest BCUT2D eigenvalue weighted by Crippen LogP contribution is -2.49. The Morgan fingerprint density at radius 2 is 1.90 bits per heavy atom. The molecule has 0 aliphatic carbocycles. The first-order valence-electron chi connectivity index (χ1n) is 9.64. The minimum absolute atomic E-state index is 0.0242. The maximum Gasteiger partial charge on any atom is 0.310 e. The third-order valence-electron chi connectivity index (χ3n) is 5.51.